The quantitative estimate of drug-likeness (QED) is 0.730. The first-order chi connectivity index (χ1) is 10.3. The zero-order valence-corrected chi connectivity index (χ0v) is 11.8. The highest BCUT2D eigenvalue weighted by Crippen LogP contribution is 2.22. The summed E-state index contributed by atoms with van der Waals surface area (Å²) in [4.78, 5) is 4.09. The van der Waals surface area contributed by atoms with Crippen molar-refractivity contribution >= 4 is 0 Å². The molecule has 0 spiro atoms. The molecule has 0 aliphatic rings. The van der Waals surface area contributed by atoms with Gasteiger partial charge in [-0.15, -0.1) is 0 Å². The molecule has 0 fully saturated rings. The van der Waals surface area contributed by atoms with Gasteiger partial charge in [-0.05, 0) is 35.2 Å². The van der Waals surface area contributed by atoms with Crippen LogP contribution in [-0.2, 0) is 13.0 Å². The number of hydrogen-bond donors (Lipinski definition) is 0. The molecular formula is C17H16FN3. The van der Waals surface area contributed by atoms with E-state index < -0.39 is 0 Å². The van der Waals surface area contributed by atoms with Gasteiger partial charge in [0.1, 0.15) is 5.82 Å². The lowest BCUT2D eigenvalue weighted by molar-refractivity contribution is 0.613. The summed E-state index contributed by atoms with van der Waals surface area (Å²) in [5.74, 6) is -0.157. The highest BCUT2D eigenvalue weighted by molar-refractivity contribution is 5.62. The summed E-state index contributed by atoms with van der Waals surface area (Å²) in [6, 6.07) is 9.25. The van der Waals surface area contributed by atoms with Gasteiger partial charge in [0.2, 0.25) is 0 Å². The average Bonchev–Trinajstić information content (AvgIpc) is 2.97. The maximum absolute atomic E-state index is 13.9. The number of halogens is 1. The molecule has 0 atom stereocenters. The predicted molar refractivity (Wildman–Crippen MR) is 80.3 cm³/mol. The molecule has 0 saturated carbocycles. The van der Waals surface area contributed by atoms with Crippen molar-refractivity contribution in [3.63, 3.8) is 0 Å². The van der Waals surface area contributed by atoms with Crippen LogP contribution >= 0.6 is 0 Å². The van der Waals surface area contributed by atoms with Gasteiger partial charge in [0.25, 0.3) is 0 Å². The molecular weight excluding hydrogens is 265 g/mol. The third-order valence-corrected chi connectivity index (χ3v) is 3.47. The highest BCUT2D eigenvalue weighted by atomic mass is 19.1. The lowest BCUT2D eigenvalue weighted by Gasteiger charge is -2.03. The van der Waals surface area contributed by atoms with Crippen LogP contribution in [0, 0.1) is 5.82 Å². The molecule has 3 aromatic rings. The molecule has 2 aromatic heterocycles. The Balaban J connectivity index is 1.83. The molecule has 0 amide bonds. The van der Waals surface area contributed by atoms with Crippen molar-refractivity contribution in [2.75, 3.05) is 0 Å². The van der Waals surface area contributed by atoms with Gasteiger partial charge in [-0.3, -0.25) is 9.67 Å². The normalized spacial score (nSPS) is 10.8. The van der Waals surface area contributed by atoms with Gasteiger partial charge in [0.15, 0.2) is 0 Å². The number of aryl methyl sites for hydroxylation is 1. The summed E-state index contributed by atoms with van der Waals surface area (Å²) in [6.07, 6.45) is 7.95. The number of pyridine rings is 1. The zero-order valence-electron chi connectivity index (χ0n) is 11.8. The SMILES string of the molecule is CCc1ccc(-c2cnn(Cc3cccnc3)c2)cc1F. The van der Waals surface area contributed by atoms with Gasteiger partial charge in [0.05, 0.1) is 12.7 Å². The molecule has 2 heterocycles. The van der Waals surface area contributed by atoms with Crippen LogP contribution in [0.3, 0.4) is 0 Å². The van der Waals surface area contributed by atoms with Crippen LogP contribution in [0.5, 0.6) is 0 Å². The van der Waals surface area contributed by atoms with E-state index in [2.05, 4.69) is 10.1 Å². The summed E-state index contributed by atoms with van der Waals surface area (Å²) in [5, 5.41) is 4.33. The minimum absolute atomic E-state index is 0.157. The Morgan fingerprint density at radius 3 is 2.76 bits per heavy atom. The average molecular weight is 281 g/mol. The molecule has 0 saturated heterocycles. The highest BCUT2D eigenvalue weighted by Gasteiger charge is 2.06. The fraction of sp³-hybridized carbons (Fsp3) is 0.176. The molecule has 106 valence electrons. The topological polar surface area (TPSA) is 30.7 Å². The first-order valence-corrected chi connectivity index (χ1v) is 6.96. The molecule has 3 nitrogen and oxygen atoms in total. The van der Waals surface area contributed by atoms with Crippen molar-refractivity contribution in [1.82, 2.24) is 14.8 Å². The molecule has 0 unspecified atom stereocenters. The van der Waals surface area contributed by atoms with E-state index in [0.717, 1.165) is 22.3 Å². The summed E-state index contributed by atoms with van der Waals surface area (Å²) in [5.41, 5.74) is 3.59. The second-order valence-corrected chi connectivity index (χ2v) is 4.95. The molecule has 0 bridgehead atoms. The van der Waals surface area contributed by atoms with E-state index in [9.17, 15) is 4.39 Å². The first-order valence-electron chi connectivity index (χ1n) is 6.96. The van der Waals surface area contributed by atoms with E-state index >= 15 is 0 Å². The summed E-state index contributed by atoms with van der Waals surface area (Å²) in [6.45, 7) is 2.60. The Morgan fingerprint density at radius 1 is 1.14 bits per heavy atom. The third-order valence-electron chi connectivity index (χ3n) is 3.47. The van der Waals surface area contributed by atoms with Crippen LogP contribution < -0.4 is 0 Å². The molecule has 0 N–H and O–H groups in total. The third kappa shape index (κ3) is 2.99. The number of hydrogen-bond acceptors (Lipinski definition) is 2. The van der Waals surface area contributed by atoms with Gasteiger partial charge in [-0.2, -0.15) is 5.10 Å². The van der Waals surface area contributed by atoms with Crippen LogP contribution in [0.25, 0.3) is 11.1 Å². The molecule has 0 radical (unpaired) electrons. The van der Waals surface area contributed by atoms with Gasteiger partial charge in [-0.25, -0.2) is 4.39 Å². The summed E-state index contributed by atoms with van der Waals surface area (Å²) in [7, 11) is 0. The monoisotopic (exact) mass is 281 g/mol. The number of rotatable bonds is 4. The van der Waals surface area contributed by atoms with Gasteiger partial charge in [-0.1, -0.05) is 25.1 Å². The lowest BCUT2D eigenvalue weighted by atomic mass is 10.1. The van der Waals surface area contributed by atoms with Gasteiger partial charge < -0.3 is 0 Å². The van der Waals surface area contributed by atoms with Gasteiger partial charge in [0, 0.05) is 24.2 Å². The van der Waals surface area contributed by atoms with Crippen LogP contribution in [0.1, 0.15) is 18.1 Å². The first kappa shape index (κ1) is 13.5. The van der Waals surface area contributed by atoms with Crippen molar-refractivity contribution in [2.45, 2.75) is 19.9 Å². The van der Waals surface area contributed by atoms with Crippen LogP contribution in [0.2, 0.25) is 0 Å². The second kappa shape index (κ2) is 5.87. The molecule has 3 rings (SSSR count). The van der Waals surface area contributed by atoms with Crippen molar-refractivity contribution < 1.29 is 4.39 Å². The molecule has 1 aromatic carbocycles. The Kier molecular flexibility index (Phi) is 3.77. The molecule has 0 aliphatic carbocycles. The molecule has 0 aliphatic heterocycles. The van der Waals surface area contributed by atoms with Crippen molar-refractivity contribution in [1.29, 1.82) is 0 Å². The van der Waals surface area contributed by atoms with E-state index in [1.54, 1.807) is 18.5 Å². The Bertz CT molecular complexity index is 735. The van der Waals surface area contributed by atoms with Crippen LogP contribution in [0.15, 0.2) is 55.1 Å². The maximum Gasteiger partial charge on any atom is 0.127 e. The van der Waals surface area contributed by atoms with E-state index in [-0.39, 0.29) is 5.82 Å². The van der Waals surface area contributed by atoms with E-state index in [1.807, 2.05) is 48.3 Å². The predicted octanol–water partition coefficient (Wildman–Crippen LogP) is 3.69. The molecule has 4 heteroatoms. The Morgan fingerprint density at radius 2 is 2.05 bits per heavy atom. The lowest BCUT2D eigenvalue weighted by Crippen LogP contribution is -1.99. The summed E-state index contributed by atoms with van der Waals surface area (Å²) < 4.78 is 15.7. The maximum atomic E-state index is 13.9. The van der Waals surface area contributed by atoms with E-state index in [0.29, 0.717) is 13.0 Å². The van der Waals surface area contributed by atoms with Crippen molar-refractivity contribution in [2.24, 2.45) is 0 Å². The minimum atomic E-state index is -0.157. The van der Waals surface area contributed by atoms with Gasteiger partial charge >= 0.3 is 0 Å². The number of nitrogens with zero attached hydrogens (tertiary/aromatic N) is 3. The van der Waals surface area contributed by atoms with E-state index in [4.69, 9.17) is 0 Å². The van der Waals surface area contributed by atoms with Crippen molar-refractivity contribution in [3.8, 4) is 11.1 Å². The smallest absolute Gasteiger partial charge is 0.127 e. The molecule has 21 heavy (non-hydrogen) atoms. The van der Waals surface area contributed by atoms with Crippen molar-refractivity contribution in [3.05, 3.63) is 72.1 Å². The zero-order chi connectivity index (χ0) is 14.7. The second-order valence-electron chi connectivity index (χ2n) is 4.95. The van der Waals surface area contributed by atoms with Crippen LogP contribution in [-0.4, -0.2) is 14.8 Å². The minimum Gasteiger partial charge on any atom is -0.268 e. The standard InChI is InChI=1S/C17H16FN3/c1-2-14-5-6-15(8-17(14)18)16-10-20-21(12-16)11-13-4-3-7-19-9-13/h3-10,12H,2,11H2,1H3. The Hall–Kier alpha value is -2.49. The number of benzene rings is 1. The largest absolute Gasteiger partial charge is 0.268 e. The van der Waals surface area contributed by atoms with Crippen LogP contribution in [0.4, 0.5) is 4.39 Å². The fourth-order valence-electron chi connectivity index (χ4n) is 2.29. The van der Waals surface area contributed by atoms with E-state index in [1.165, 1.54) is 0 Å². The number of aromatic nitrogens is 3. The fourth-order valence-corrected chi connectivity index (χ4v) is 2.29. The summed E-state index contributed by atoms with van der Waals surface area (Å²) >= 11 is 0. The Labute approximate surface area is 123 Å².